The fraction of sp³-hybridized carbons (Fsp3) is 0.733. The third-order valence-electron chi connectivity index (χ3n) is 3.00. The molecule has 2 nitrogen and oxygen atoms in total. The molecule has 0 spiro atoms. The van der Waals surface area contributed by atoms with E-state index in [1.165, 1.54) is 57.6 Å². The summed E-state index contributed by atoms with van der Waals surface area (Å²) in [5.41, 5.74) is 0.718. The maximum absolute atomic E-state index is 10.7. The number of allylic oxidation sites excluding steroid dienone is 1. The zero-order valence-corrected chi connectivity index (χ0v) is 12.3. The normalized spacial score (nSPS) is 11.1. The minimum absolute atomic E-state index is 0.718. The van der Waals surface area contributed by atoms with Crippen molar-refractivity contribution in [1.29, 1.82) is 0 Å². The molecule has 0 heterocycles. The highest BCUT2D eigenvalue weighted by atomic mass is 32.1. The summed E-state index contributed by atoms with van der Waals surface area (Å²) >= 11 is 4.45. The predicted molar refractivity (Wildman–Crippen MR) is 81.0 cm³/mol. The van der Waals surface area contributed by atoms with Crippen molar-refractivity contribution < 1.29 is 4.79 Å². The third-order valence-corrected chi connectivity index (χ3v) is 3.11. The molecule has 0 aromatic heterocycles. The van der Waals surface area contributed by atoms with E-state index < -0.39 is 0 Å². The first kappa shape index (κ1) is 17.2. The molecule has 0 N–H and O–H groups in total. The van der Waals surface area contributed by atoms with Gasteiger partial charge in [-0.3, -0.25) is 4.79 Å². The number of hydrogen-bond donors (Lipinski definition) is 0. The Balaban J connectivity index is 3.38. The van der Waals surface area contributed by atoms with E-state index in [1.807, 2.05) is 0 Å². The summed E-state index contributed by atoms with van der Waals surface area (Å²) in [6.45, 7) is 2.24. The molecule has 0 atom stereocenters. The summed E-state index contributed by atoms with van der Waals surface area (Å²) in [6, 6.07) is 0. The van der Waals surface area contributed by atoms with Gasteiger partial charge in [0.15, 0.2) is 0 Å². The smallest absolute Gasteiger partial charge is 0.147 e. The van der Waals surface area contributed by atoms with Crippen LogP contribution in [0.5, 0.6) is 0 Å². The number of rotatable bonds is 12. The van der Waals surface area contributed by atoms with Crippen molar-refractivity contribution in [2.75, 3.05) is 0 Å². The second kappa shape index (κ2) is 14.3. The molecule has 0 rings (SSSR count). The highest BCUT2D eigenvalue weighted by Crippen LogP contribution is 2.12. The molecule has 0 bridgehead atoms. The molecular formula is C15H25NOS. The molecule has 0 aromatic rings. The molecule has 0 aliphatic carbocycles. The second-order valence-corrected chi connectivity index (χ2v) is 4.80. The van der Waals surface area contributed by atoms with Crippen molar-refractivity contribution in [2.24, 2.45) is 4.99 Å². The summed E-state index contributed by atoms with van der Waals surface area (Å²) in [6.07, 6.45) is 14.8. The van der Waals surface area contributed by atoms with Crippen molar-refractivity contribution in [2.45, 2.75) is 71.1 Å². The fourth-order valence-corrected chi connectivity index (χ4v) is 1.96. The van der Waals surface area contributed by atoms with E-state index in [0.717, 1.165) is 24.7 Å². The van der Waals surface area contributed by atoms with Crippen LogP contribution in [0.3, 0.4) is 0 Å². The molecule has 0 unspecified atom stereocenters. The molecule has 0 radical (unpaired) electrons. The van der Waals surface area contributed by atoms with Gasteiger partial charge in [0.1, 0.15) is 6.29 Å². The van der Waals surface area contributed by atoms with Crippen LogP contribution in [-0.4, -0.2) is 11.4 Å². The Morgan fingerprint density at radius 3 is 2.11 bits per heavy atom. The molecule has 0 fully saturated rings. The molecule has 18 heavy (non-hydrogen) atoms. The van der Waals surface area contributed by atoms with E-state index >= 15 is 0 Å². The molecular weight excluding hydrogens is 242 g/mol. The number of thiocarbonyl (C=S) groups is 1. The minimum atomic E-state index is 0.718. The van der Waals surface area contributed by atoms with Gasteiger partial charge < -0.3 is 0 Å². The van der Waals surface area contributed by atoms with Crippen molar-refractivity contribution in [3.8, 4) is 0 Å². The van der Waals surface area contributed by atoms with Crippen LogP contribution in [0, 0.1) is 0 Å². The molecule has 3 heteroatoms. The van der Waals surface area contributed by atoms with E-state index in [0.29, 0.717) is 0 Å². The van der Waals surface area contributed by atoms with E-state index in [4.69, 9.17) is 0 Å². The summed E-state index contributed by atoms with van der Waals surface area (Å²) in [5.74, 6) is 0. The number of unbranched alkanes of at least 4 members (excludes halogenated alkanes) is 8. The van der Waals surface area contributed by atoms with Crippen LogP contribution in [0.1, 0.15) is 71.1 Å². The summed E-state index contributed by atoms with van der Waals surface area (Å²) < 4.78 is 0. The molecule has 102 valence electrons. The standard InChI is InChI=1S/C15H25NOS/c1-2-3-4-5-6-7-8-9-10-11-15(13-17)12-16-14-18/h12-13H,2-11H2,1H3/b15-12-. The molecule has 0 aromatic carbocycles. The molecule has 0 aliphatic heterocycles. The molecule has 0 saturated heterocycles. The quantitative estimate of drug-likeness (QED) is 0.162. The Hall–Kier alpha value is -0.790. The summed E-state index contributed by atoms with van der Waals surface area (Å²) in [7, 11) is 0. The van der Waals surface area contributed by atoms with Crippen LogP contribution in [0.15, 0.2) is 16.8 Å². The van der Waals surface area contributed by atoms with Crippen molar-refractivity contribution in [1.82, 2.24) is 0 Å². The van der Waals surface area contributed by atoms with Gasteiger partial charge in [-0.2, -0.15) is 0 Å². The molecule has 0 aliphatic rings. The van der Waals surface area contributed by atoms with Crippen LogP contribution < -0.4 is 0 Å². The zero-order valence-electron chi connectivity index (χ0n) is 11.5. The SMILES string of the molecule is CCCCCCCCCCC/C(C=O)=C/N=C=S. The average molecular weight is 267 g/mol. The van der Waals surface area contributed by atoms with Gasteiger partial charge in [-0.05, 0) is 25.1 Å². The predicted octanol–water partition coefficient (Wildman–Crippen LogP) is 5.09. The van der Waals surface area contributed by atoms with Crippen LogP contribution in [0.2, 0.25) is 0 Å². The van der Waals surface area contributed by atoms with Crippen molar-refractivity contribution in [3.63, 3.8) is 0 Å². The third kappa shape index (κ3) is 11.7. The summed E-state index contributed by atoms with van der Waals surface area (Å²) in [4.78, 5) is 14.4. The number of carbonyl (C=O) groups is 1. The van der Waals surface area contributed by atoms with Crippen LogP contribution >= 0.6 is 12.2 Å². The Labute approximate surface area is 117 Å². The average Bonchev–Trinajstić information content (AvgIpc) is 2.40. The first-order chi connectivity index (χ1) is 8.85. The Morgan fingerprint density at radius 1 is 1.06 bits per heavy atom. The van der Waals surface area contributed by atoms with Gasteiger partial charge in [-0.25, -0.2) is 4.99 Å². The van der Waals surface area contributed by atoms with E-state index in [1.54, 1.807) is 0 Å². The maximum atomic E-state index is 10.7. The van der Waals surface area contributed by atoms with Gasteiger partial charge in [0, 0.05) is 11.8 Å². The van der Waals surface area contributed by atoms with Gasteiger partial charge in [0.05, 0.1) is 5.16 Å². The lowest BCUT2D eigenvalue weighted by molar-refractivity contribution is -0.105. The first-order valence-corrected chi connectivity index (χ1v) is 7.47. The Bertz CT molecular complexity index is 280. The van der Waals surface area contributed by atoms with Crippen LogP contribution in [0.25, 0.3) is 0 Å². The highest BCUT2D eigenvalue weighted by molar-refractivity contribution is 7.78. The second-order valence-electron chi connectivity index (χ2n) is 4.62. The summed E-state index contributed by atoms with van der Waals surface area (Å²) in [5, 5.41) is 2.24. The van der Waals surface area contributed by atoms with Gasteiger partial charge in [0.25, 0.3) is 0 Å². The van der Waals surface area contributed by atoms with Crippen molar-refractivity contribution >= 4 is 23.7 Å². The van der Waals surface area contributed by atoms with Crippen LogP contribution in [0.4, 0.5) is 0 Å². The first-order valence-electron chi connectivity index (χ1n) is 7.06. The van der Waals surface area contributed by atoms with E-state index in [9.17, 15) is 4.79 Å². The maximum Gasteiger partial charge on any atom is 0.147 e. The zero-order chi connectivity index (χ0) is 13.5. The Morgan fingerprint density at radius 2 is 1.61 bits per heavy atom. The molecule has 0 saturated carbocycles. The van der Waals surface area contributed by atoms with Gasteiger partial charge in [-0.15, -0.1) is 0 Å². The fourth-order valence-electron chi connectivity index (χ4n) is 1.90. The van der Waals surface area contributed by atoms with Gasteiger partial charge >= 0.3 is 0 Å². The lowest BCUT2D eigenvalue weighted by atomic mass is 10.0. The van der Waals surface area contributed by atoms with Gasteiger partial charge in [0.2, 0.25) is 0 Å². The number of carbonyl (C=O) groups excluding carboxylic acids is 1. The highest BCUT2D eigenvalue weighted by Gasteiger charge is 1.96. The lowest BCUT2D eigenvalue weighted by Crippen LogP contribution is -1.86. The van der Waals surface area contributed by atoms with Crippen molar-refractivity contribution in [3.05, 3.63) is 11.8 Å². The van der Waals surface area contributed by atoms with Crippen LogP contribution in [-0.2, 0) is 4.79 Å². The Kier molecular flexibility index (Phi) is 13.6. The lowest BCUT2D eigenvalue weighted by Gasteiger charge is -2.01. The number of hydrogen-bond acceptors (Lipinski definition) is 3. The van der Waals surface area contributed by atoms with E-state index in [2.05, 4.69) is 29.3 Å². The number of aliphatic imine (C=N–C) groups is 1. The monoisotopic (exact) mass is 267 g/mol. The van der Waals surface area contributed by atoms with Gasteiger partial charge in [-0.1, -0.05) is 58.3 Å². The number of isothiocyanates is 1. The number of nitrogens with zero attached hydrogens (tertiary/aromatic N) is 1. The largest absolute Gasteiger partial charge is 0.298 e. The topological polar surface area (TPSA) is 29.4 Å². The van der Waals surface area contributed by atoms with E-state index in [-0.39, 0.29) is 0 Å². The number of aldehydes is 1. The minimum Gasteiger partial charge on any atom is -0.298 e. The molecule has 0 amide bonds.